The first-order valence-electron chi connectivity index (χ1n) is 11.1. The van der Waals surface area contributed by atoms with Crippen molar-refractivity contribution in [1.29, 1.82) is 0 Å². The van der Waals surface area contributed by atoms with E-state index in [2.05, 4.69) is 10.2 Å². The van der Waals surface area contributed by atoms with Crippen LogP contribution < -0.4 is 10.2 Å². The molecule has 33 heavy (non-hydrogen) atoms. The maximum Gasteiger partial charge on any atom is 0.274 e. The fraction of sp³-hybridized carbons (Fsp3) is 0.375. The highest BCUT2D eigenvalue weighted by molar-refractivity contribution is 6.26. The Hall–Kier alpha value is -3.59. The Bertz CT molecular complexity index is 1290. The minimum atomic E-state index is -1.24. The monoisotopic (exact) mass is 446 g/mol. The molecule has 168 valence electrons. The summed E-state index contributed by atoms with van der Waals surface area (Å²) in [4.78, 5) is 55.3. The molecule has 0 radical (unpaired) electrons. The maximum absolute atomic E-state index is 13.9. The summed E-state index contributed by atoms with van der Waals surface area (Å²) in [7, 11) is 0. The highest BCUT2D eigenvalue weighted by Gasteiger charge is 2.74. The van der Waals surface area contributed by atoms with Gasteiger partial charge in [-0.15, -0.1) is 0 Å². The number of imide groups is 1. The zero-order valence-electron chi connectivity index (χ0n) is 18.2. The van der Waals surface area contributed by atoms with Crippen molar-refractivity contribution in [3.05, 3.63) is 63.2 Å². The van der Waals surface area contributed by atoms with Gasteiger partial charge in [0.25, 0.3) is 5.69 Å². The van der Waals surface area contributed by atoms with Crippen molar-refractivity contribution in [2.24, 2.45) is 11.8 Å². The van der Waals surface area contributed by atoms with Gasteiger partial charge in [-0.1, -0.05) is 23.8 Å². The molecule has 3 fully saturated rings. The number of nitro benzene ring substituents is 1. The average Bonchev–Trinajstić information content (AvgIpc) is 3.47. The molecule has 4 aliphatic heterocycles. The van der Waals surface area contributed by atoms with Crippen LogP contribution in [0.1, 0.15) is 29.5 Å². The summed E-state index contributed by atoms with van der Waals surface area (Å²) in [6.45, 7) is 4.18. The number of nitrogens with one attached hydrogen (secondary N) is 1. The van der Waals surface area contributed by atoms with Gasteiger partial charge in [0.05, 0.1) is 22.4 Å². The van der Waals surface area contributed by atoms with E-state index in [0.29, 0.717) is 17.8 Å². The number of hydrogen-bond acceptors (Lipinski definition) is 6. The zero-order chi connectivity index (χ0) is 23.2. The van der Waals surface area contributed by atoms with Crippen molar-refractivity contribution in [3.63, 3.8) is 0 Å². The van der Waals surface area contributed by atoms with E-state index < -0.39 is 28.2 Å². The minimum absolute atomic E-state index is 0.151. The molecular weight excluding hydrogens is 424 g/mol. The van der Waals surface area contributed by atoms with Gasteiger partial charge >= 0.3 is 0 Å². The van der Waals surface area contributed by atoms with Gasteiger partial charge in [-0.05, 0) is 45.4 Å². The Morgan fingerprint density at radius 3 is 2.64 bits per heavy atom. The largest absolute Gasteiger partial charge is 0.324 e. The first-order valence-corrected chi connectivity index (χ1v) is 11.1. The third-order valence-corrected chi connectivity index (χ3v) is 7.80. The van der Waals surface area contributed by atoms with Crippen LogP contribution in [-0.4, -0.2) is 40.1 Å². The molecule has 4 atom stereocenters. The van der Waals surface area contributed by atoms with Crippen molar-refractivity contribution < 1.29 is 19.3 Å². The maximum atomic E-state index is 13.9. The highest BCUT2D eigenvalue weighted by Crippen LogP contribution is 2.60. The fourth-order valence-corrected chi connectivity index (χ4v) is 6.50. The molecular formula is C24H22N4O5. The van der Waals surface area contributed by atoms with Crippen LogP contribution in [0.15, 0.2) is 36.4 Å². The fourth-order valence-electron chi connectivity index (χ4n) is 6.50. The molecule has 2 aromatic carbocycles. The summed E-state index contributed by atoms with van der Waals surface area (Å²) >= 11 is 0. The second-order valence-corrected chi connectivity index (χ2v) is 9.42. The van der Waals surface area contributed by atoms with Crippen molar-refractivity contribution in [2.75, 3.05) is 16.8 Å². The predicted molar refractivity (Wildman–Crippen MR) is 119 cm³/mol. The van der Waals surface area contributed by atoms with Gasteiger partial charge in [0, 0.05) is 28.9 Å². The molecule has 3 amide bonds. The van der Waals surface area contributed by atoms with Gasteiger partial charge in [-0.2, -0.15) is 0 Å². The van der Waals surface area contributed by atoms with Crippen LogP contribution in [-0.2, 0) is 19.9 Å². The number of carbonyl (C=O) groups excluding carboxylic acids is 3. The molecule has 9 nitrogen and oxygen atoms in total. The molecule has 1 N–H and O–H groups in total. The number of nitro groups is 1. The SMILES string of the molecule is Cc1ccc2c(c1)[C@@]1(C(=O)N2)[C@@H]2C(=O)N(c3ccc(C)c([N+](=O)[O-])c3)C(=O)[C@@H]2[C@H]2CCCN21. The molecule has 0 unspecified atom stereocenters. The van der Waals surface area contributed by atoms with Crippen LogP contribution >= 0.6 is 0 Å². The van der Waals surface area contributed by atoms with E-state index in [-0.39, 0.29) is 29.2 Å². The number of hydrogen-bond donors (Lipinski definition) is 1. The number of fused-ring (bicyclic) bond motifs is 7. The minimum Gasteiger partial charge on any atom is -0.324 e. The number of amides is 3. The Morgan fingerprint density at radius 2 is 1.88 bits per heavy atom. The lowest BCUT2D eigenvalue weighted by Crippen LogP contribution is -2.54. The Morgan fingerprint density at radius 1 is 1.09 bits per heavy atom. The van der Waals surface area contributed by atoms with Crippen LogP contribution in [0.4, 0.5) is 17.1 Å². The molecule has 0 aromatic heterocycles. The molecule has 1 spiro atoms. The smallest absolute Gasteiger partial charge is 0.274 e. The second kappa shape index (κ2) is 6.48. The third-order valence-electron chi connectivity index (χ3n) is 7.80. The van der Waals surface area contributed by atoms with Gasteiger partial charge in [0.1, 0.15) is 5.54 Å². The third kappa shape index (κ3) is 2.32. The average molecular weight is 446 g/mol. The molecule has 0 bridgehead atoms. The molecule has 4 heterocycles. The normalized spacial score (nSPS) is 30.1. The van der Waals surface area contributed by atoms with Gasteiger partial charge in [-0.3, -0.25) is 29.4 Å². The van der Waals surface area contributed by atoms with Gasteiger partial charge in [0.15, 0.2) is 0 Å². The molecule has 6 rings (SSSR count). The van der Waals surface area contributed by atoms with E-state index in [9.17, 15) is 24.5 Å². The van der Waals surface area contributed by atoms with Crippen molar-refractivity contribution in [3.8, 4) is 0 Å². The molecule has 4 aliphatic rings. The van der Waals surface area contributed by atoms with Crippen LogP contribution in [0.25, 0.3) is 0 Å². The number of benzene rings is 2. The molecule has 0 saturated carbocycles. The van der Waals surface area contributed by atoms with Gasteiger partial charge < -0.3 is 5.32 Å². The summed E-state index contributed by atoms with van der Waals surface area (Å²) in [5, 5.41) is 14.4. The van der Waals surface area contributed by atoms with Gasteiger partial charge in [-0.25, -0.2) is 4.90 Å². The number of aryl methyl sites for hydroxylation is 2. The number of carbonyl (C=O) groups is 3. The summed E-state index contributed by atoms with van der Waals surface area (Å²) in [5.41, 5.74) is 1.60. The van der Waals surface area contributed by atoms with Crippen molar-refractivity contribution in [2.45, 2.75) is 38.3 Å². The van der Waals surface area contributed by atoms with Crippen LogP contribution in [0.3, 0.4) is 0 Å². The molecule has 2 aromatic rings. The van der Waals surface area contributed by atoms with Crippen LogP contribution in [0, 0.1) is 35.8 Å². The first-order chi connectivity index (χ1) is 15.8. The zero-order valence-corrected chi connectivity index (χ0v) is 18.2. The van der Waals surface area contributed by atoms with Crippen molar-refractivity contribution in [1.82, 2.24) is 4.90 Å². The lowest BCUT2D eigenvalue weighted by atomic mass is 9.75. The lowest BCUT2D eigenvalue weighted by Gasteiger charge is -2.36. The van der Waals surface area contributed by atoms with Crippen LogP contribution in [0.5, 0.6) is 0 Å². The first kappa shape index (κ1) is 20.0. The standard InChI is InChI=1S/C24H22N4O5/c1-12-5-8-16-15(10-12)24(23(31)25-16)20-19(17-4-3-9-26(17)24)21(29)27(22(20)30)14-7-6-13(2)18(11-14)28(32)33/h5-8,10-11,17,19-20H,3-4,9H2,1-2H3,(H,25,31)/t17-,19-,20+,24+/m1/s1. The van der Waals surface area contributed by atoms with Crippen molar-refractivity contribution >= 4 is 34.8 Å². The van der Waals surface area contributed by atoms with E-state index in [0.717, 1.165) is 28.9 Å². The Kier molecular flexibility index (Phi) is 3.93. The summed E-state index contributed by atoms with van der Waals surface area (Å²) in [6, 6.07) is 9.84. The highest BCUT2D eigenvalue weighted by atomic mass is 16.6. The Balaban J connectivity index is 1.54. The lowest BCUT2D eigenvalue weighted by molar-refractivity contribution is -0.385. The predicted octanol–water partition coefficient (Wildman–Crippen LogP) is 2.64. The van der Waals surface area contributed by atoms with E-state index in [4.69, 9.17) is 0 Å². The number of nitrogens with zero attached hydrogens (tertiary/aromatic N) is 3. The van der Waals surface area contributed by atoms with E-state index in [1.54, 1.807) is 19.1 Å². The quantitative estimate of drug-likeness (QED) is 0.431. The number of anilines is 2. The van der Waals surface area contributed by atoms with E-state index >= 15 is 0 Å². The summed E-state index contributed by atoms with van der Waals surface area (Å²) < 4.78 is 0. The Labute approximate surface area is 189 Å². The van der Waals surface area contributed by atoms with Gasteiger partial charge in [0.2, 0.25) is 17.7 Å². The summed E-state index contributed by atoms with van der Waals surface area (Å²) in [5.74, 6) is -2.68. The van der Waals surface area contributed by atoms with E-state index in [1.807, 2.05) is 25.1 Å². The molecule has 0 aliphatic carbocycles. The number of rotatable bonds is 2. The molecule has 3 saturated heterocycles. The topological polar surface area (TPSA) is 113 Å². The molecule has 9 heteroatoms. The summed E-state index contributed by atoms with van der Waals surface area (Å²) in [6.07, 6.45) is 1.56. The van der Waals surface area contributed by atoms with Crippen LogP contribution in [0.2, 0.25) is 0 Å². The second-order valence-electron chi connectivity index (χ2n) is 9.42. The van der Waals surface area contributed by atoms with E-state index in [1.165, 1.54) is 6.07 Å².